The number of methoxy groups -OCH3 is 1. The Bertz CT molecular complexity index is 1530. The number of hydrogen-bond donors (Lipinski definition) is 2. The monoisotopic (exact) mass is 566 g/mol. The summed E-state index contributed by atoms with van der Waals surface area (Å²) in [6, 6.07) is 20.1. The van der Waals surface area contributed by atoms with E-state index in [2.05, 4.69) is 15.6 Å². The van der Waals surface area contributed by atoms with Crippen molar-refractivity contribution in [2.45, 2.75) is 19.3 Å². The number of carbonyl (C=O) groups is 1. The Kier molecular flexibility index (Phi) is 7.84. The van der Waals surface area contributed by atoms with E-state index in [1.165, 1.54) is 12.1 Å². The van der Waals surface area contributed by atoms with Gasteiger partial charge in [0.25, 0.3) is 5.91 Å². The third kappa shape index (κ3) is 6.15. The Morgan fingerprint density at radius 3 is 2.62 bits per heavy atom. The van der Waals surface area contributed by atoms with Crippen molar-refractivity contribution in [2.24, 2.45) is 0 Å². The summed E-state index contributed by atoms with van der Waals surface area (Å²) in [5.41, 5.74) is 3.10. The number of rotatable bonds is 7. The number of hydrogen-bond acceptors (Lipinski definition) is 5. The number of carbonyl (C=O) groups excluding carboxylic acids is 1. The first-order valence-electron chi connectivity index (χ1n) is 12.6. The number of ether oxygens (including phenoxy) is 1. The fraction of sp³-hybridized carbons (Fsp3) is 0.200. The Labute approximate surface area is 234 Å². The van der Waals surface area contributed by atoms with E-state index in [1.807, 2.05) is 47.4 Å². The first kappa shape index (κ1) is 27.3. The molecule has 5 rings (SSSR count). The molecule has 2 heterocycles. The topological polar surface area (TPSA) is 66.5 Å². The van der Waals surface area contributed by atoms with E-state index >= 15 is 0 Å². The Hall–Kier alpha value is -4.24. The minimum atomic E-state index is -4.49. The molecule has 0 atom stereocenters. The largest absolute Gasteiger partial charge is 0.497 e. The van der Waals surface area contributed by atoms with Gasteiger partial charge < -0.3 is 20.3 Å². The third-order valence-corrected chi connectivity index (χ3v) is 6.92. The number of nitrogens with one attached hydrogen (secondary N) is 2. The molecule has 0 spiro atoms. The zero-order chi connectivity index (χ0) is 28.3. The van der Waals surface area contributed by atoms with Crippen molar-refractivity contribution in [3.8, 4) is 16.9 Å². The second kappa shape index (κ2) is 11.5. The van der Waals surface area contributed by atoms with E-state index in [4.69, 9.17) is 16.3 Å². The SMILES string of the molecule is COc1cccc(CNC(=O)c2ccc(-c3cnc4c(c3)N(Cc3cc(Cl)ccc3C(F)(F)F)CCN4)cc2)c1. The summed E-state index contributed by atoms with van der Waals surface area (Å²) < 4.78 is 46.2. The van der Waals surface area contributed by atoms with Gasteiger partial charge in [-0.3, -0.25) is 4.79 Å². The second-order valence-corrected chi connectivity index (χ2v) is 9.79. The molecule has 3 aromatic carbocycles. The number of aromatic nitrogens is 1. The summed E-state index contributed by atoms with van der Waals surface area (Å²) in [5.74, 6) is 1.10. The maximum atomic E-state index is 13.7. The van der Waals surface area contributed by atoms with Crippen LogP contribution in [0.1, 0.15) is 27.0 Å². The number of pyridine rings is 1. The van der Waals surface area contributed by atoms with Crippen molar-refractivity contribution in [2.75, 3.05) is 30.4 Å². The van der Waals surface area contributed by atoms with E-state index in [1.54, 1.807) is 25.4 Å². The molecule has 40 heavy (non-hydrogen) atoms. The molecule has 10 heteroatoms. The second-order valence-electron chi connectivity index (χ2n) is 9.35. The maximum absolute atomic E-state index is 13.7. The summed E-state index contributed by atoms with van der Waals surface area (Å²) in [5, 5.41) is 6.36. The van der Waals surface area contributed by atoms with Gasteiger partial charge in [0.1, 0.15) is 11.6 Å². The van der Waals surface area contributed by atoms with Crippen LogP contribution < -0.4 is 20.3 Å². The average molecular weight is 567 g/mol. The predicted octanol–water partition coefficient (Wildman–Crippen LogP) is 6.79. The molecule has 0 saturated carbocycles. The highest BCUT2D eigenvalue weighted by Crippen LogP contribution is 2.37. The molecule has 1 aromatic heterocycles. The average Bonchev–Trinajstić information content (AvgIpc) is 2.95. The van der Waals surface area contributed by atoms with E-state index < -0.39 is 11.7 Å². The van der Waals surface area contributed by atoms with Crippen molar-refractivity contribution >= 4 is 29.0 Å². The molecule has 0 fully saturated rings. The van der Waals surface area contributed by atoms with Gasteiger partial charge in [0.05, 0.1) is 18.4 Å². The number of nitrogens with zero attached hydrogens (tertiary/aromatic N) is 2. The van der Waals surface area contributed by atoms with Gasteiger partial charge in [-0.25, -0.2) is 4.98 Å². The van der Waals surface area contributed by atoms with Crippen LogP contribution in [0.5, 0.6) is 5.75 Å². The normalized spacial score (nSPS) is 12.9. The first-order chi connectivity index (χ1) is 19.2. The predicted molar refractivity (Wildman–Crippen MR) is 150 cm³/mol. The molecule has 0 unspecified atom stereocenters. The van der Waals surface area contributed by atoms with Crippen molar-refractivity contribution < 1.29 is 22.7 Å². The maximum Gasteiger partial charge on any atom is 0.416 e. The first-order valence-corrected chi connectivity index (χ1v) is 12.9. The van der Waals surface area contributed by atoms with Crippen LogP contribution in [0.2, 0.25) is 5.02 Å². The van der Waals surface area contributed by atoms with Gasteiger partial charge >= 0.3 is 6.18 Å². The van der Waals surface area contributed by atoms with Crippen molar-refractivity contribution in [1.29, 1.82) is 0 Å². The highest BCUT2D eigenvalue weighted by atomic mass is 35.5. The smallest absolute Gasteiger partial charge is 0.416 e. The molecule has 206 valence electrons. The van der Waals surface area contributed by atoms with Gasteiger partial charge in [-0.15, -0.1) is 0 Å². The summed E-state index contributed by atoms with van der Waals surface area (Å²) in [4.78, 5) is 19.1. The number of fused-ring (bicyclic) bond motifs is 1. The molecule has 1 amide bonds. The van der Waals surface area contributed by atoms with Crippen LogP contribution in [-0.2, 0) is 19.3 Å². The lowest BCUT2D eigenvalue weighted by Gasteiger charge is -2.32. The molecular formula is C30H26ClF3N4O2. The highest BCUT2D eigenvalue weighted by molar-refractivity contribution is 6.30. The van der Waals surface area contributed by atoms with Gasteiger partial charge in [0.2, 0.25) is 0 Å². The Morgan fingerprint density at radius 2 is 1.88 bits per heavy atom. The number of benzene rings is 3. The van der Waals surface area contributed by atoms with Crippen LogP contribution >= 0.6 is 11.6 Å². The number of anilines is 2. The van der Waals surface area contributed by atoms with Crippen LogP contribution in [0.25, 0.3) is 11.1 Å². The lowest BCUT2D eigenvalue weighted by atomic mass is 10.0. The fourth-order valence-electron chi connectivity index (χ4n) is 4.64. The summed E-state index contributed by atoms with van der Waals surface area (Å²) in [6.45, 7) is 1.43. The molecule has 2 N–H and O–H groups in total. The summed E-state index contributed by atoms with van der Waals surface area (Å²) in [7, 11) is 1.59. The minimum Gasteiger partial charge on any atom is -0.497 e. The standard InChI is InChI=1S/C30H26ClF3N4O2/c1-40-25-4-2-3-19(13-25)16-37-29(39)21-7-5-20(6-8-21)22-15-27-28(36-17-22)35-11-12-38(27)18-23-14-24(31)9-10-26(23)30(32,33)34/h2-10,13-15,17H,11-12,16,18H2,1H3,(H,35,36)(H,37,39). The molecule has 1 aliphatic heterocycles. The molecule has 6 nitrogen and oxygen atoms in total. The van der Waals surface area contributed by atoms with E-state index in [-0.39, 0.29) is 23.0 Å². The third-order valence-electron chi connectivity index (χ3n) is 6.68. The van der Waals surface area contributed by atoms with E-state index in [0.717, 1.165) is 28.5 Å². The quantitative estimate of drug-likeness (QED) is 0.258. The zero-order valence-corrected chi connectivity index (χ0v) is 22.3. The number of amides is 1. The minimum absolute atomic E-state index is 0.0294. The van der Waals surface area contributed by atoms with Crippen LogP contribution in [-0.4, -0.2) is 31.1 Å². The lowest BCUT2D eigenvalue weighted by molar-refractivity contribution is -0.138. The summed E-state index contributed by atoms with van der Waals surface area (Å²) >= 11 is 6.04. The molecule has 0 aliphatic carbocycles. The zero-order valence-electron chi connectivity index (χ0n) is 21.6. The van der Waals surface area contributed by atoms with Crippen molar-refractivity contribution in [3.05, 3.63) is 106 Å². The van der Waals surface area contributed by atoms with Gasteiger partial charge in [-0.1, -0.05) is 35.9 Å². The molecule has 4 aromatic rings. The van der Waals surface area contributed by atoms with Gasteiger partial charge in [0, 0.05) is 48.5 Å². The van der Waals surface area contributed by atoms with Gasteiger partial charge in [-0.2, -0.15) is 13.2 Å². The highest BCUT2D eigenvalue weighted by Gasteiger charge is 2.34. The fourth-order valence-corrected chi connectivity index (χ4v) is 4.83. The summed E-state index contributed by atoms with van der Waals surface area (Å²) in [6.07, 6.45) is -2.79. The van der Waals surface area contributed by atoms with Gasteiger partial charge in [0.15, 0.2) is 0 Å². The molecule has 0 saturated heterocycles. The Morgan fingerprint density at radius 1 is 1.07 bits per heavy atom. The van der Waals surface area contributed by atoms with E-state index in [9.17, 15) is 18.0 Å². The molecule has 0 radical (unpaired) electrons. The van der Waals surface area contributed by atoms with Crippen LogP contribution in [0.4, 0.5) is 24.7 Å². The molecular weight excluding hydrogens is 541 g/mol. The van der Waals surface area contributed by atoms with Gasteiger partial charge in [-0.05, 0) is 65.2 Å². The van der Waals surface area contributed by atoms with E-state index in [0.29, 0.717) is 36.7 Å². The number of alkyl halides is 3. The lowest BCUT2D eigenvalue weighted by Crippen LogP contribution is -2.34. The molecule has 0 bridgehead atoms. The van der Waals surface area contributed by atoms with Crippen LogP contribution in [0, 0.1) is 0 Å². The Balaban J connectivity index is 1.33. The molecule has 1 aliphatic rings. The van der Waals surface area contributed by atoms with Crippen LogP contribution in [0.15, 0.2) is 79.0 Å². The van der Waals surface area contributed by atoms with Crippen molar-refractivity contribution in [1.82, 2.24) is 10.3 Å². The van der Waals surface area contributed by atoms with Crippen molar-refractivity contribution in [3.63, 3.8) is 0 Å². The van der Waals surface area contributed by atoms with Crippen LogP contribution in [0.3, 0.4) is 0 Å². The number of halogens is 4.